The van der Waals surface area contributed by atoms with Gasteiger partial charge in [-0.25, -0.2) is 9.67 Å². The minimum atomic E-state index is 0.0678. The zero-order valence-corrected chi connectivity index (χ0v) is 14.7. The van der Waals surface area contributed by atoms with Gasteiger partial charge in [0.15, 0.2) is 5.82 Å². The monoisotopic (exact) mass is 346 g/mol. The summed E-state index contributed by atoms with van der Waals surface area (Å²) in [5.74, 6) is 1.32. The maximum atomic E-state index is 12.9. The van der Waals surface area contributed by atoms with Gasteiger partial charge in [0.05, 0.1) is 5.56 Å². The number of amides is 1. The van der Waals surface area contributed by atoms with Crippen LogP contribution in [0.25, 0.3) is 5.82 Å². The largest absolute Gasteiger partial charge is 0.339 e. The minimum absolute atomic E-state index is 0.0678. The number of hydrogen-bond acceptors (Lipinski definition) is 3. The number of carbonyl (C=O) groups excluding carboxylic acids is 1. The molecule has 1 aromatic carbocycles. The van der Waals surface area contributed by atoms with E-state index >= 15 is 0 Å². The molecule has 1 atom stereocenters. The number of benzene rings is 1. The molecule has 132 valence electrons. The van der Waals surface area contributed by atoms with E-state index in [1.165, 1.54) is 5.56 Å². The molecule has 5 heteroatoms. The van der Waals surface area contributed by atoms with Gasteiger partial charge in [0, 0.05) is 31.7 Å². The molecule has 0 bridgehead atoms. The molecule has 0 aliphatic carbocycles. The highest BCUT2D eigenvalue weighted by atomic mass is 16.2. The number of aromatic nitrogens is 3. The van der Waals surface area contributed by atoms with Crippen molar-refractivity contribution in [3.63, 3.8) is 0 Å². The Morgan fingerprint density at radius 2 is 1.88 bits per heavy atom. The number of nitrogens with zero attached hydrogens (tertiary/aromatic N) is 4. The Balaban J connectivity index is 1.43. The Morgan fingerprint density at radius 1 is 1.00 bits per heavy atom. The van der Waals surface area contributed by atoms with Gasteiger partial charge in [-0.05, 0) is 48.9 Å². The molecule has 26 heavy (non-hydrogen) atoms. The van der Waals surface area contributed by atoms with Crippen LogP contribution < -0.4 is 0 Å². The van der Waals surface area contributed by atoms with Crippen molar-refractivity contribution in [1.29, 1.82) is 0 Å². The third-order valence-electron chi connectivity index (χ3n) is 5.02. The number of likely N-dealkylation sites (tertiary alicyclic amines) is 1. The highest BCUT2D eigenvalue weighted by molar-refractivity contribution is 5.94. The van der Waals surface area contributed by atoms with Crippen LogP contribution in [0.5, 0.6) is 0 Å². The van der Waals surface area contributed by atoms with E-state index < -0.39 is 0 Å². The molecule has 3 aromatic rings. The lowest BCUT2D eigenvalue weighted by atomic mass is 9.92. The van der Waals surface area contributed by atoms with Crippen molar-refractivity contribution in [2.45, 2.75) is 25.2 Å². The average Bonchev–Trinajstić information content (AvgIpc) is 3.13. The molecule has 0 spiro atoms. The third kappa shape index (κ3) is 3.52. The van der Waals surface area contributed by atoms with E-state index in [4.69, 9.17) is 0 Å². The van der Waals surface area contributed by atoms with Gasteiger partial charge in [-0.15, -0.1) is 0 Å². The number of hydrogen-bond donors (Lipinski definition) is 0. The van der Waals surface area contributed by atoms with E-state index in [2.05, 4.69) is 40.4 Å². The van der Waals surface area contributed by atoms with Gasteiger partial charge in [0.1, 0.15) is 0 Å². The van der Waals surface area contributed by atoms with Crippen LogP contribution in [0.2, 0.25) is 0 Å². The topological polar surface area (TPSA) is 51.0 Å². The van der Waals surface area contributed by atoms with E-state index in [1.807, 2.05) is 29.3 Å². The normalized spacial score (nSPS) is 17.7. The SMILES string of the molecule is O=C(c1ccc(-n2cccn2)nc1)N1CCC[C@H](c2ccccc2)CC1. The standard InChI is InChI=1S/C21H22N4O/c26-21(19-9-10-20(22-16-19)25-14-5-12-23-25)24-13-4-8-18(11-15-24)17-6-2-1-3-7-17/h1-3,5-7,9-10,12,14,16,18H,4,8,11,13,15H2/t18-/m0/s1. The zero-order chi connectivity index (χ0) is 17.8. The third-order valence-corrected chi connectivity index (χ3v) is 5.02. The van der Waals surface area contributed by atoms with Crippen LogP contribution >= 0.6 is 0 Å². The first-order chi connectivity index (χ1) is 12.8. The van der Waals surface area contributed by atoms with E-state index in [-0.39, 0.29) is 5.91 Å². The molecule has 1 aliphatic rings. The highest BCUT2D eigenvalue weighted by Gasteiger charge is 2.22. The molecule has 1 saturated heterocycles. The minimum Gasteiger partial charge on any atom is -0.339 e. The number of carbonyl (C=O) groups is 1. The van der Waals surface area contributed by atoms with Gasteiger partial charge in [-0.1, -0.05) is 30.3 Å². The van der Waals surface area contributed by atoms with Crippen molar-refractivity contribution in [2.75, 3.05) is 13.1 Å². The van der Waals surface area contributed by atoms with Crippen LogP contribution in [0.1, 0.15) is 41.1 Å². The molecule has 3 heterocycles. The maximum absolute atomic E-state index is 12.9. The van der Waals surface area contributed by atoms with Crippen molar-refractivity contribution in [3.8, 4) is 5.82 Å². The van der Waals surface area contributed by atoms with Gasteiger partial charge in [-0.2, -0.15) is 5.10 Å². The summed E-state index contributed by atoms with van der Waals surface area (Å²) in [6, 6.07) is 16.2. The number of rotatable bonds is 3. The zero-order valence-electron chi connectivity index (χ0n) is 14.7. The van der Waals surface area contributed by atoms with Crippen molar-refractivity contribution in [3.05, 3.63) is 78.2 Å². The first kappa shape index (κ1) is 16.5. The maximum Gasteiger partial charge on any atom is 0.255 e. The molecular formula is C21H22N4O. The fourth-order valence-electron chi connectivity index (χ4n) is 3.59. The first-order valence-corrected chi connectivity index (χ1v) is 9.11. The van der Waals surface area contributed by atoms with Crippen molar-refractivity contribution >= 4 is 5.91 Å². The molecule has 0 radical (unpaired) electrons. The van der Waals surface area contributed by atoms with E-state index in [0.29, 0.717) is 17.3 Å². The summed E-state index contributed by atoms with van der Waals surface area (Å²) in [6.07, 6.45) is 8.37. The molecule has 1 amide bonds. The fraction of sp³-hybridized carbons (Fsp3) is 0.286. The van der Waals surface area contributed by atoms with Gasteiger partial charge in [0.25, 0.3) is 5.91 Å². The second-order valence-corrected chi connectivity index (χ2v) is 6.69. The summed E-state index contributed by atoms with van der Waals surface area (Å²) in [4.78, 5) is 19.2. The summed E-state index contributed by atoms with van der Waals surface area (Å²) in [7, 11) is 0. The van der Waals surface area contributed by atoms with Crippen LogP contribution in [0.15, 0.2) is 67.1 Å². The Hall–Kier alpha value is -2.95. The van der Waals surface area contributed by atoms with Gasteiger partial charge in [-0.3, -0.25) is 4.79 Å². The van der Waals surface area contributed by atoms with E-state index in [9.17, 15) is 4.79 Å². The quantitative estimate of drug-likeness (QED) is 0.727. The molecule has 4 rings (SSSR count). The highest BCUT2D eigenvalue weighted by Crippen LogP contribution is 2.28. The van der Waals surface area contributed by atoms with Crippen LogP contribution in [0.3, 0.4) is 0 Å². The van der Waals surface area contributed by atoms with E-state index in [0.717, 1.165) is 32.4 Å². The molecule has 0 N–H and O–H groups in total. The molecule has 0 saturated carbocycles. The van der Waals surface area contributed by atoms with Crippen LogP contribution in [-0.4, -0.2) is 38.7 Å². The molecule has 2 aromatic heterocycles. The predicted molar refractivity (Wildman–Crippen MR) is 100 cm³/mol. The first-order valence-electron chi connectivity index (χ1n) is 9.11. The predicted octanol–water partition coefficient (Wildman–Crippen LogP) is 3.68. The van der Waals surface area contributed by atoms with Gasteiger partial charge >= 0.3 is 0 Å². The summed E-state index contributed by atoms with van der Waals surface area (Å²) in [5, 5.41) is 4.16. The fourth-order valence-corrected chi connectivity index (χ4v) is 3.59. The average molecular weight is 346 g/mol. The second kappa shape index (κ2) is 7.52. The lowest BCUT2D eigenvalue weighted by Crippen LogP contribution is -2.32. The molecule has 1 fully saturated rings. The molecule has 5 nitrogen and oxygen atoms in total. The summed E-state index contributed by atoms with van der Waals surface area (Å²) in [5.41, 5.74) is 2.02. The molecule has 1 aliphatic heterocycles. The Bertz CT molecular complexity index is 843. The Labute approximate surface area is 153 Å². The van der Waals surface area contributed by atoms with Crippen molar-refractivity contribution in [1.82, 2.24) is 19.7 Å². The van der Waals surface area contributed by atoms with Crippen LogP contribution in [0, 0.1) is 0 Å². The summed E-state index contributed by atoms with van der Waals surface area (Å²) in [6.45, 7) is 1.60. The van der Waals surface area contributed by atoms with Crippen molar-refractivity contribution < 1.29 is 4.79 Å². The van der Waals surface area contributed by atoms with Gasteiger partial charge in [0.2, 0.25) is 0 Å². The summed E-state index contributed by atoms with van der Waals surface area (Å²) >= 11 is 0. The summed E-state index contributed by atoms with van der Waals surface area (Å²) < 4.78 is 1.69. The Kier molecular flexibility index (Phi) is 4.78. The lowest BCUT2D eigenvalue weighted by Gasteiger charge is -2.21. The number of pyridine rings is 1. The van der Waals surface area contributed by atoms with E-state index in [1.54, 1.807) is 17.1 Å². The van der Waals surface area contributed by atoms with Gasteiger partial charge < -0.3 is 4.90 Å². The van der Waals surface area contributed by atoms with Crippen LogP contribution in [-0.2, 0) is 0 Å². The molecule has 0 unspecified atom stereocenters. The second-order valence-electron chi connectivity index (χ2n) is 6.69. The Morgan fingerprint density at radius 3 is 2.62 bits per heavy atom. The smallest absolute Gasteiger partial charge is 0.255 e. The lowest BCUT2D eigenvalue weighted by molar-refractivity contribution is 0.0760. The molecular weight excluding hydrogens is 324 g/mol. The van der Waals surface area contributed by atoms with Crippen molar-refractivity contribution in [2.24, 2.45) is 0 Å². The van der Waals surface area contributed by atoms with Crippen LogP contribution in [0.4, 0.5) is 0 Å².